The van der Waals surface area contributed by atoms with Gasteiger partial charge in [-0.25, -0.2) is 0 Å². The van der Waals surface area contributed by atoms with E-state index in [0.717, 1.165) is 11.3 Å². The summed E-state index contributed by atoms with van der Waals surface area (Å²) in [5, 5.41) is 0.639. The lowest BCUT2D eigenvalue weighted by Crippen LogP contribution is -2.44. The van der Waals surface area contributed by atoms with E-state index in [2.05, 4.69) is 26.2 Å². The molecule has 0 aliphatic rings. The molecule has 0 radical (unpaired) electrons. The van der Waals surface area contributed by atoms with E-state index in [4.69, 9.17) is 26.9 Å². The molecule has 1 aromatic rings. The van der Waals surface area contributed by atoms with Crippen LogP contribution in [0.5, 0.6) is 5.75 Å². The summed E-state index contributed by atoms with van der Waals surface area (Å²) in [5.41, 5.74) is 3.62. The number of hydrazine groups is 1. The summed E-state index contributed by atoms with van der Waals surface area (Å²) in [5.74, 6) is 6.46. The molecule has 0 heterocycles. The molecular weight excluding hydrogens is 264 g/mol. The molecule has 2 atom stereocenters. The number of halogens is 1. The first kappa shape index (κ1) is 16.2. The number of nitrogens with two attached hydrogens (primary N) is 1. The molecule has 0 saturated carbocycles. The Labute approximate surface area is 120 Å². The highest BCUT2D eigenvalue weighted by Gasteiger charge is 2.34. The number of methoxy groups -OCH3 is 2. The first-order chi connectivity index (χ1) is 8.85. The average Bonchev–Trinajstić information content (AvgIpc) is 2.34. The summed E-state index contributed by atoms with van der Waals surface area (Å²) in [4.78, 5) is 0. The number of hydrogen-bond acceptors (Lipinski definition) is 4. The minimum Gasteiger partial charge on any atom is -0.496 e. The predicted molar refractivity (Wildman–Crippen MR) is 78.3 cm³/mol. The van der Waals surface area contributed by atoms with Gasteiger partial charge in [-0.2, -0.15) is 0 Å². The van der Waals surface area contributed by atoms with Crippen LogP contribution in [0, 0.1) is 5.41 Å². The zero-order valence-corrected chi connectivity index (χ0v) is 12.9. The molecule has 108 valence electrons. The van der Waals surface area contributed by atoms with Crippen molar-refractivity contribution in [1.29, 1.82) is 0 Å². The maximum atomic E-state index is 6.07. The number of ether oxygens (including phenoxy) is 2. The fourth-order valence-electron chi connectivity index (χ4n) is 2.28. The van der Waals surface area contributed by atoms with Gasteiger partial charge in [0.25, 0.3) is 0 Å². The molecule has 3 N–H and O–H groups in total. The summed E-state index contributed by atoms with van der Waals surface area (Å²) in [7, 11) is 3.30. The zero-order chi connectivity index (χ0) is 14.6. The number of benzene rings is 1. The largest absolute Gasteiger partial charge is 0.496 e. The molecule has 4 nitrogen and oxygen atoms in total. The van der Waals surface area contributed by atoms with E-state index in [1.54, 1.807) is 20.3 Å². The van der Waals surface area contributed by atoms with Gasteiger partial charge in [0.2, 0.25) is 0 Å². The smallest absolute Gasteiger partial charge is 0.123 e. The molecule has 19 heavy (non-hydrogen) atoms. The average molecular weight is 287 g/mol. The maximum absolute atomic E-state index is 6.07. The molecule has 0 aliphatic carbocycles. The summed E-state index contributed by atoms with van der Waals surface area (Å²) >= 11 is 6.07. The first-order valence-corrected chi connectivity index (χ1v) is 6.55. The standard InChI is InChI=1S/C14H23ClN2O2/c1-14(2,3)13(19-5)12(17-16)10-8-9(15)6-7-11(10)18-4/h6-8,12-13,17H,16H2,1-5H3. The van der Waals surface area contributed by atoms with Gasteiger partial charge < -0.3 is 9.47 Å². The van der Waals surface area contributed by atoms with Crippen molar-refractivity contribution in [3.8, 4) is 5.75 Å². The molecule has 0 spiro atoms. The first-order valence-electron chi connectivity index (χ1n) is 6.17. The number of nitrogens with one attached hydrogen (secondary N) is 1. The van der Waals surface area contributed by atoms with Crippen LogP contribution in [0.4, 0.5) is 0 Å². The van der Waals surface area contributed by atoms with Crippen molar-refractivity contribution in [2.45, 2.75) is 32.9 Å². The van der Waals surface area contributed by atoms with Crippen molar-refractivity contribution < 1.29 is 9.47 Å². The molecule has 2 unspecified atom stereocenters. The van der Waals surface area contributed by atoms with Crippen molar-refractivity contribution in [1.82, 2.24) is 5.43 Å². The summed E-state index contributed by atoms with van der Waals surface area (Å²) in [6.45, 7) is 6.30. The predicted octanol–water partition coefficient (Wildman–Crippen LogP) is 2.91. The van der Waals surface area contributed by atoms with Crippen LogP contribution in [0.1, 0.15) is 32.4 Å². The van der Waals surface area contributed by atoms with Gasteiger partial charge in [0.15, 0.2) is 0 Å². The number of rotatable bonds is 5. The summed E-state index contributed by atoms with van der Waals surface area (Å²) < 4.78 is 11.0. The molecule has 0 amide bonds. The van der Waals surface area contributed by atoms with Crippen LogP contribution in [-0.2, 0) is 4.74 Å². The van der Waals surface area contributed by atoms with E-state index in [1.165, 1.54) is 0 Å². The third kappa shape index (κ3) is 3.83. The van der Waals surface area contributed by atoms with Crippen LogP contribution >= 0.6 is 11.6 Å². The number of hydrogen-bond donors (Lipinski definition) is 2. The Morgan fingerprint density at radius 1 is 1.26 bits per heavy atom. The van der Waals surface area contributed by atoms with Crippen molar-refractivity contribution in [3.63, 3.8) is 0 Å². The van der Waals surface area contributed by atoms with Gasteiger partial charge in [-0.15, -0.1) is 0 Å². The van der Waals surface area contributed by atoms with Gasteiger partial charge in [-0.1, -0.05) is 32.4 Å². The summed E-state index contributed by atoms with van der Waals surface area (Å²) in [6, 6.07) is 5.26. The quantitative estimate of drug-likeness (QED) is 0.645. The van der Waals surface area contributed by atoms with E-state index >= 15 is 0 Å². The Morgan fingerprint density at radius 2 is 1.89 bits per heavy atom. The highest BCUT2D eigenvalue weighted by atomic mass is 35.5. The van der Waals surface area contributed by atoms with Gasteiger partial charge in [0, 0.05) is 17.7 Å². The van der Waals surface area contributed by atoms with Crippen LogP contribution in [-0.4, -0.2) is 20.3 Å². The Morgan fingerprint density at radius 3 is 2.32 bits per heavy atom. The van der Waals surface area contributed by atoms with E-state index in [1.807, 2.05) is 12.1 Å². The fourth-order valence-corrected chi connectivity index (χ4v) is 2.46. The fraction of sp³-hybridized carbons (Fsp3) is 0.571. The van der Waals surface area contributed by atoms with E-state index in [9.17, 15) is 0 Å². The minimum absolute atomic E-state index is 0.0842. The normalized spacial score (nSPS) is 15.1. The second-order valence-electron chi connectivity index (χ2n) is 5.55. The van der Waals surface area contributed by atoms with E-state index < -0.39 is 0 Å². The van der Waals surface area contributed by atoms with Crippen LogP contribution in [0.2, 0.25) is 5.02 Å². The molecule has 0 bridgehead atoms. The summed E-state index contributed by atoms with van der Waals surface area (Å²) in [6.07, 6.45) is -0.120. The zero-order valence-electron chi connectivity index (χ0n) is 12.2. The molecule has 1 aromatic carbocycles. The Bertz CT molecular complexity index is 418. The van der Waals surface area contributed by atoms with Crippen molar-refractivity contribution >= 4 is 11.6 Å². The lowest BCUT2D eigenvalue weighted by atomic mass is 9.82. The third-order valence-electron chi connectivity index (χ3n) is 3.12. The lowest BCUT2D eigenvalue weighted by molar-refractivity contribution is -0.0125. The molecule has 0 aromatic heterocycles. The Balaban J connectivity index is 3.25. The monoisotopic (exact) mass is 286 g/mol. The SMILES string of the molecule is COc1ccc(Cl)cc1C(NN)C(OC)C(C)(C)C. The van der Waals surface area contributed by atoms with Crippen LogP contribution < -0.4 is 16.0 Å². The molecule has 0 aliphatic heterocycles. The molecule has 1 rings (SSSR count). The maximum Gasteiger partial charge on any atom is 0.123 e. The molecular formula is C14H23ClN2O2. The van der Waals surface area contributed by atoms with Gasteiger partial charge >= 0.3 is 0 Å². The topological polar surface area (TPSA) is 56.5 Å². The van der Waals surface area contributed by atoms with Gasteiger partial charge in [0.1, 0.15) is 5.75 Å². The van der Waals surface area contributed by atoms with Crippen LogP contribution in [0.25, 0.3) is 0 Å². The Hall–Kier alpha value is -0.810. The van der Waals surface area contributed by atoms with E-state index in [0.29, 0.717) is 5.02 Å². The van der Waals surface area contributed by atoms with E-state index in [-0.39, 0.29) is 17.6 Å². The third-order valence-corrected chi connectivity index (χ3v) is 3.35. The Kier molecular flexibility index (Phi) is 5.62. The second kappa shape index (κ2) is 6.57. The van der Waals surface area contributed by atoms with Gasteiger partial charge in [0.05, 0.1) is 19.3 Å². The van der Waals surface area contributed by atoms with Crippen LogP contribution in [0.15, 0.2) is 18.2 Å². The van der Waals surface area contributed by atoms with Crippen molar-refractivity contribution in [2.75, 3.05) is 14.2 Å². The highest BCUT2D eigenvalue weighted by molar-refractivity contribution is 6.30. The minimum atomic E-state index is -0.210. The highest BCUT2D eigenvalue weighted by Crippen LogP contribution is 2.36. The molecule has 0 fully saturated rings. The lowest BCUT2D eigenvalue weighted by Gasteiger charge is -2.36. The second-order valence-corrected chi connectivity index (χ2v) is 5.99. The van der Waals surface area contributed by atoms with Gasteiger partial charge in [-0.3, -0.25) is 11.3 Å². The van der Waals surface area contributed by atoms with Crippen molar-refractivity contribution in [2.24, 2.45) is 11.3 Å². The molecule has 0 saturated heterocycles. The van der Waals surface area contributed by atoms with Crippen LogP contribution in [0.3, 0.4) is 0 Å². The molecule has 5 heteroatoms. The van der Waals surface area contributed by atoms with Crippen molar-refractivity contribution in [3.05, 3.63) is 28.8 Å². The van der Waals surface area contributed by atoms with Gasteiger partial charge in [-0.05, 0) is 23.6 Å².